The Balaban J connectivity index is 1.88. The summed E-state index contributed by atoms with van der Waals surface area (Å²) < 4.78 is 4.74. The molecular weight excluding hydrogens is 356 g/mol. The van der Waals surface area contributed by atoms with Crippen LogP contribution in [0.2, 0.25) is 0 Å². The summed E-state index contributed by atoms with van der Waals surface area (Å²) in [5, 5.41) is 5.31. The standard InChI is InChI=1S/C22H26N2O4/c1-15-4-8-17(9-5-15)12-20(25)23-14-19(22(27)28-3)24-21(26)13-18-10-6-16(2)7-11-18/h4-11,19H,12-14H2,1-3H3,(H,23,25)(H,24,26)/t19-/m0/s1. The van der Waals surface area contributed by atoms with Crippen molar-refractivity contribution in [2.75, 3.05) is 13.7 Å². The molecule has 0 saturated heterocycles. The molecule has 0 heterocycles. The van der Waals surface area contributed by atoms with Gasteiger partial charge in [-0.05, 0) is 25.0 Å². The average molecular weight is 382 g/mol. The summed E-state index contributed by atoms with van der Waals surface area (Å²) in [5.41, 5.74) is 3.94. The quantitative estimate of drug-likeness (QED) is 0.683. The Labute approximate surface area is 165 Å². The maximum absolute atomic E-state index is 12.3. The first-order chi connectivity index (χ1) is 13.4. The molecule has 0 aliphatic carbocycles. The van der Waals surface area contributed by atoms with Crippen molar-refractivity contribution in [3.8, 4) is 0 Å². The van der Waals surface area contributed by atoms with Crippen LogP contribution < -0.4 is 10.6 Å². The zero-order valence-corrected chi connectivity index (χ0v) is 16.5. The maximum atomic E-state index is 12.3. The topological polar surface area (TPSA) is 84.5 Å². The van der Waals surface area contributed by atoms with Crippen molar-refractivity contribution in [3.05, 3.63) is 70.8 Å². The number of rotatable bonds is 8. The van der Waals surface area contributed by atoms with Gasteiger partial charge in [-0.25, -0.2) is 4.79 Å². The van der Waals surface area contributed by atoms with Crippen molar-refractivity contribution in [3.63, 3.8) is 0 Å². The highest BCUT2D eigenvalue weighted by Gasteiger charge is 2.22. The predicted molar refractivity (Wildman–Crippen MR) is 107 cm³/mol. The lowest BCUT2D eigenvalue weighted by Crippen LogP contribution is -2.49. The predicted octanol–water partition coefficient (Wildman–Crippen LogP) is 1.86. The molecule has 0 aliphatic heterocycles. The summed E-state index contributed by atoms with van der Waals surface area (Å²) in [6.07, 6.45) is 0.344. The number of carbonyl (C=O) groups is 3. The molecule has 0 spiro atoms. The van der Waals surface area contributed by atoms with Crippen LogP contribution >= 0.6 is 0 Å². The van der Waals surface area contributed by atoms with E-state index in [4.69, 9.17) is 4.74 Å². The van der Waals surface area contributed by atoms with Gasteiger partial charge in [0.1, 0.15) is 6.04 Å². The van der Waals surface area contributed by atoms with E-state index in [1.165, 1.54) is 7.11 Å². The molecule has 2 rings (SSSR count). The fraction of sp³-hybridized carbons (Fsp3) is 0.318. The molecule has 1 atom stereocenters. The number of hydrogen-bond donors (Lipinski definition) is 2. The van der Waals surface area contributed by atoms with Crippen molar-refractivity contribution >= 4 is 17.8 Å². The number of amides is 2. The summed E-state index contributed by atoms with van der Waals surface area (Å²) >= 11 is 0. The van der Waals surface area contributed by atoms with Crippen LogP contribution in [0.3, 0.4) is 0 Å². The Morgan fingerprint density at radius 3 is 1.75 bits per heavy atom. The van der Waals surface area contributed by atoms with Gasteiger partial charge in [0.2, 0.25) is 11.8 Å². The third-order valence-corrected chi connectivity index (χ3v) is 4.29. The highest BCUT2D eigenvalue weighted by Crippen LogP contribution is 2.05. The number of ether oxygens (including phenoxy) is 1. The number of benzene rings is 2. The van der Waals surface area contributed by atoms with Gasteiger partial charge in [0.25, 0.3) is 0 Å². The van der Waals surface area contributed by atoms with E-state index in [2.05, 4.69) is 10.6 Å². The molecule has 0 fully saturated rings. The SMILES string of the molecule is COC(=O)[C@H](CNC(=O)Cc1ccc(C)cc1)NC(=O)Cc1ccc(C)cc1. The van der Waals surface area contributed by atoms with Crippen molar-refractivity contribution in [1.82, 2.24) is 10.6 Å². The fourth-order valence-corrected chi connectivity index (χ4v) is 2.64. The van der Waals surface area contributed by atoms with Crippen LogP contribution in [0.4, 0.5) is 0 Å². The molecule has 0 aromatic heterocycles. The normalized spacial score (nSPS) is 11.4. The van der Waals surface area contributed by atoms with Crippen LogP contribution in [0.1, 0.15) is 22.3 Å². The minimum atomic E-state index is -0.940. The smallest absolute Gasteiger partial charge is 0.330 e. The minimum Gasteiger partial charge on any atom is -0.467 e. The number of methoxy groups -OCH3 is 1. The van der Waals surface area contributed by atoms with Crippen molar-refractivity contribution in [2.24, 2.45) is 0 Å². The Bertz CT molecular complexity index is 813. The molecule has 2 aromatic rings. The maximum Gasteiger partial charge on any atom is 0.330 e. The lowest BCUT2D eigenvalue weighted by Gasteiger charge is -2.17. The van der Waals surface area contributed by atoms with Gasteiger partial charge in [-0.2, -0.15) is 0 Å². The second kappa shape index (κ2) is 10.3. The van der Waals surface area contributed by atoms with Crippen LogP contribution in [0.5, 0.6) is 0 Å². The van der Waals surface area contributed by atoms with E-state index in [1.807, 2.05) is 62.4 Å². The van der Waals surface area contributed by atoms with E-state index < -0.39 is 12.0 Å². The number of carbonyl (C=O) groups excluding carboxylic acids is 3. The molecule has 6 nitrogen and oxygen atoms in total. The third-order valence-electron chi connectivity index (χ3n) is 4.29. The highest BCUT2D eigenvalue weighted by atomic mass is 16.5. The van der Waals surface area contributed by atoms with Gasteiger partial charge in [-0.15, -0.1) is 0 Å². The number of esters is 1. The van der Waals surface area contributed by atoms with Crippen molar-refractivity contribution in [2.45, 2.75) is 32.7 Å². The molecule has 2 aromatic carbocycles. The van der Waals surface area contributed by atoms with Crippen LogP contribution in [0, 0.1) is 13.8 Å². The van der Waals surface area contributed by atoms with Crippen LogP contribution in [-0.4, -0.2) is 37.5 Å². The molecule has 0 aliphatic rings. The molecular formula is C22H26N2O4. The number of aryl methyl sites for hydroxylation is 2. The number of nitrogens with one attached hydrogen (secondary N) is 2. The third kappa shape index (κ3) is 6.87. The van der Waals surface area contributed by atoms with E-state index in [0.29, 0.717) is 0 Å². The average Bonchev–Trinajstić information content (AvgIpc) is 2.68. The van der Waals surface area contributed by atoms with Crippen molar-refractivity contribution < 1.29 is 19.1 Å². The summed E-state index contributed by atoms with van der Waals surface area (Å²) in [5.74, 6) is -1.15. The summed E-state index contributed by atoms with van der Waals surface area (Å²) in [7, 11) is 1.25. The van der Waals surface area contributed by atoms with Crippen molar-refractivity contribution in [1.29, 1.82) is 0 Å². The highest BCUT2D eigenvalue weighted by molar-refractivity contribution is 5.86. The van der Waals surface area contributed by atoms with Crippen LogP contribution in [0.25, 0.3) is 0 Å². The zero-order chi connectivity index (χ0) is 20.5. The lowest BCUT2D eigenvalue weighted by atomic mass is 10.1. The van der Waals surface area contributed by atoms with Gasteiger partial charge < -0.3 is 15.4 Å². The fourth-order valence-electron chi connectivity index (χ4n) is 2.64. The molecule has 148 valence electrons. The van der Waals surface area contributed by atoms with Gasteiger partial charge in [0, 0.05) is 6.54 Å². The second-order valence-electron chi connectivity index (χ2n) is 6.77. The van der Waals surface area contributed by atoms with E-state index in [9.17, 15) is 14.4 Å². The Hall–Kier alpha value is -3.15. The Kier molecular flexibility index (Phi) is 7.75. The summed E-state index contributed by atoms with van der Waals surface area (Å²) in [4.78, 5) is 36.4. The molecule has 2 amide bonds. The Morgan fingerprint density at radius 1 is 0.821 bits per heavy atom. The first kappa shape index (κ1) is 21.2. The molecule has 2 N–H and O–H groups in total. The van der Waals surface area contributed by atoms with E-state index in [1.54, 1.807) is 0 Å². The lowest BCUT2D eigenvalue weighted by molar-refractivity contribution is -0.145. The van der Waals surface area contributed by atoms with Crippen LogP contribution in [-0.2, 0) is 32.0 Å². The van der Waals surface area contributed by atoms with Gasteiger partial charge in [-0.3, -0.25) is 9.59 Å². The number of hydrogen-bond acceptors (Lipinski definition) is 4. The van der Waals surface area contributed by atoms with E-state index in [-0.39, 0.29) is 31.2 Å². The summed E-state index contributed by atoms with van der Waals surface area (Å²) in [6.45, 7) is 3.91. The van der Waals surface area contributed by atoms with E-state index >= 15 is 0 Å². The molecule has 0 saturated carbocycles. The molecule has 0 radical (unpaired) electrons. The van der Waals surface area contributed by atoms with Gasteiger partial charge in [0.05, 0.1) is 20.0 Å². The molecule has 0 bridgehead atoms. The Morgan fingerprint density at radius 2 is 1.29 bits per heavy atom. The second-order valence-corrected chi connectivity index (χ2v) is 6.77. The van der Waals surface area contributed by atoms with Gasteiger partial charge >= 0.3 is 5.97 Å². The first-order valence-electron chi connectivity index (χ1n) is 9.12. The van der Waals surface area contributed by atoms with Crippen LogP contribution in [0.15, 0.2) is 48.5 Å². The summed E-state index contributed by atoms with van der Waals surface area (Å²) in [6, 6.07) is 14.3. The molecule has 0 unspecified atom stereocenters. The first-order valence-corrected chi connectivity index (χ1v) is 9.12. The monoisotopic (exact) mass is 382 g/mol. The minimum absolute atomic E-state index is 0.0307. The molecule has 28 heavy (non-hydrogen) atoms. The molecule has 6 heteroatoms. The zero-order valence-electron chi connectivity index (χ0n) is 16.5. The van der Waals surface area contributed by atoms with E-state index in [0.717, 1.165) is 22.3 Å². The van der Waals surface area contributed by atoms with Gasteiger partial charge in [0.15, 0.2) is 0 Å². The van der Waals surface area contributed by atoms with Gasteiger partial charge in [-0.1, -0.05) is 59.7 Å². The largest absolute Gasteiger partial charge is 0.467 e.